The smallest absolute Gasteiger partial charge is 0.268 e. The van der Waals surface area contributed by atoms with Gasteiger partial charge in [0.25, 0.3) is 11.8 Å². The van der Waals surface area contributed by atoms with Crippen molar-refractivity contribution in [1.82, 2.24) is 16.0 Å². The fraction of sp³-hybridized carbons (Fsp3) is 0.444. The minimum Gasteiger partial charge on any atom is -0.389 e. The lowest BCUT2D eigenvalue weighted by atomic mass is 9.93. The maximum Gasteiger partial charge on any atom is 0.268 e. The number of nitrogens with one attached hydrogen (secondary N) is 3. The molecule has 0 unspecified atom stereocenters. The molecule has 0 bridgehead atoms. The highest BCUT2D eigenvalue weighted by molar-refractivity contribution is 6.44. The summed E-state index contributed by atoms with van der Waals surface area (Å²) >= 11 is 0. The van der Waals surface area contributed by atoms with Crippen LogP contribution in [0, 0.1) is 17.6 Å². The van der Waals surface area contributed by atoms with Gasteiger partial charge in [-0.3, -0.25) is 9.59 Å². The number of hydrogen-bond acceptors (Lipinski definition) is 6. The second-order valence-corrected chi connectivity index (χ2v) is 10.1. The monoisotopic (exact) mass is 513 g/mol. The third kappa shape index (κ3) is 6.97. The molecule has 1 fully saturated rings. The molecule has 0 aliphatic carbocycles. The van der Waals surface area contributed by atoms with Gasteiger partial charge < -0.3 is 21.1 Å². The van der Waals surface area contributed by atoms with Gasteiger partial charge in [0, 0.05) is 31.2 Å². The van der Waals surface area contributed by atoms with Crippen LogP contribution in [0.3, 0.4) is 0 Å². The van der Waals surface area contributed by atoms with Crippen molar-refractivity contribution in [3.63, 3.8) is 0 Å². The Kier molecular flexibility index (Phi) is 8.63. The Labute approximate surface area is 215 Å². The normalized spacial score (nSPS) is 21.6. The molecule has 0 saturated carbocycles. The molecule has 2 aliphatic rings. The van der Waals surface area contributed by atoms with Crippen molar-refractivity contribution in [2.24, 2.45) is 11.0 Å². The molecular formula is C27H33F2N5O3. The third-order valence-electron chi connectivity index (χ3n) is 6.57. The van der Waals surface area contributed by atoms with Gasteiger partial charge in [-0.2, -0.15) is 10.1 Å². The molecule has 10 heteroatoms. The van der Waals surface area contributed by atoms with Gasteiger partial charge in [-0.1, -0.05) is 32.0 Å². The Hall–Kier alpha value is -3.21. The van der Waals surface area contributed by atoms with Gasteiger partial charge in [-0.15, -0.1) is 0 Å². The summed E-state index contributed by atoms with van der Waals surface area (Å²) < 4.78 is 27.7. The van der Waals surface area contributed by atoms with E-state index in [-0.39, 0.29) is 30.5 Å². The summed E-state index contributed by atoms with van der Waals surface area (Å²) in [6.45, 7) is 5.38. The van der Waals surface area contributed by atoms with Crippen molar-refractivity contribution in [2.75, 3.05) is 18.1 Å². The number of carbonyl (C=O) groups excluding carboxylic acids is 2. The number of hydrazone groups is 1. The number of benzene rings is 2. The number of amides is 2. The average Bonchev–Trinajstić information content (AvgIpc) is 3.25. The van der Waals surface area contributed by atoms with Crippen LogP contribution in [0.15, 0.2) is 53.6 Å². The molecule has 4 N–H and O–H groups in total. The Balaban J connectivity index is 1.50. The molecule has 4 atom stereocenters. The maximum absolute atomic E-state index is 13.9. The van der Waals surface area contributed by atoms with E-state index in [1.54, 1.807) is 24.3 Å². The van der Waals surface area contributed by atoms with Crippen molar-refractivity contribution in [3.05, 3.63) is 65.7 Å². The molecule has 2 amide bonds. The number of hydrogen-bond donors (Lipinski definition) is 4. The predicted molar refractivity (Wildman–Crippen MR) is 137 cm³/mol. The first kappa shape index (κ1) is 26.8. The number of carbonyl (C=O) groups is 2. The largest absolute Gasteiger partial charge is 0.389 e. The minimum atomic E-state index is -1.08. The van der Waals surface area contributed by atoms with E-state index >= 15 is 0 Å². The first-order valence-corrected chi connectivity index (χ1v) is 12.6. The highest BCUT2D eigenvalue weighted by atomic mass is 19.1. The summed E-state index contributed by atoms with van der Waals surface area (Å²) in [5, 5.41) is 26.2. The van der Waals surface area contributed by atoms with E-state index in [0.29, 0.717) is 30.3 Å². The van der Waals surface area contributed by atoms with E-state index in [1.807, 2.05) is 6.07 Å². The number of para-hydroxylation sites is 1. The van der Waals surface area contributed by atoms with Gasteiger partial charge >= 0.3 is 0 Å². The van der Waals surface area contributed by atoms with Gasteiger partial charge in [0.05, 0.1) is 24.3 Å². The molecule has 0 spiro atoms. The number of aliphatic hydroxyl groups is 1. The van der Waals surface area contributed by atoms with Gasteiger partial charge in [0.2, 0.25) is 0 Å². The minimum absolute atomic E-state index is 0.00296. The average molecular weight is 514 g/mol. The Morgan fingerprint density at radius 1 is 1.14 bits per heavy atom. The molecule has 8 nitrogen and oxygen atoms in total. The zero-order chi connectivity index (χ0) is 26.5. The van der Waals surface area contributed by atoms with Gasteiger partial charge in [-0.05, 0) is 48.6 Å². The highest BCUT2D eigenvalue weighted by Gasteiger charge is 2.35. The van der Waals surface area contributed by atoms with Crippen LogP contribution in [0.2, 0.25) is 0 Å². The first-order valence-electron chi connectivity index (χ1n) is 12.6. The summed E-state index contributed by atoms with van der Waals surface area (Å²) in [5.41, 5.74) is 0.831. The lowest BCUT2D eigenvalue weighted by Gasteiger charge is -2.37. The number of piperazine rings is 1. The van der Waals surface area contributed by atoms with Crippen LogP contribution in [0.25, 0.3) is 0 Å². The SMILES string of the molecule is CC(C)C[C@H]1CN[C@@H]([C@H](O)[C@@H](Cc2cc(F)cc(F)c2)NC(=O)C2=NN(c3ccccc3)C(=O)C2)CN1. The third-order valence-corrected chi connectivity index (χ3v) is 6.57. The van der Waals surface area contributed by atoms with Crippen LogP contribution in [0.5, 0.6) is 0 Å². The van der Waals surface area contributed by atoms with E-state index < -0.39 is 35.7 Å². The van der Waals surface area contributed by atoms with E-state index in [1.165, 1.54) is 17.1 Å². The topological polar surface area (TPSA) is 106 Å². The lowest BCUT2D eigenvalue weighted by Crippen LogP contribution is -2.63. The van der Waals surface area contributed by atoms with Crippen LogP contribution in [0.4, 0.5) is 14.5 Å². The molecule has 198 valence electrons. The van der Waals surface area contributed by atoms with E-state index in [4.69, 9.17) is 0 Å². The number of aliphatic hydroxyl groups excluding tert-OH is 1. The summed E-state index contributed by atoms with van der Waals surface area (Å²) in [6.07, 6.45) is -0.313. The maximum atomic E-state index is 13.9. The standard InChI is InChI=1S/C27H33F2N5O3/c1-16(2)8-20-14-31-24(15-30-20)26(36)22(11-17-9-18(28)12-19(29)10-17)32-27(37)23-13-25(35)34(33-23)21-6-4-3-5-7-21/h3-7,9-10,12,16,20,22,24,26,30-31,36H,8,11,13-15H2,1-2H3,(H,32,37)/t20-,22+,24+,26+/m0/s1. The number of rotatable bonds is 9. The van der Waals surface area contributed by atoms with Crippen LogP contribution < -0.4 is 21.0 Å². The van der Waals surface area contributed by atoms with E-state index in [9.17, 15) is 23.5 Å². The van der Waals surface area contributed by atoms with Crippen LogP contribution in [-0.4, -0.2) is 60.0 Å². The Bertz CT molecular complexity index is 1120. The Morgan fingerprint density at radius 3 is 2.46 bits per heavy atom. The van der Waals surface area contributed by atoms with Gasteiger partial charge in [0.15, 0.2) is 0 Å². The fourth-order valence-electron chi connectivity index (χ4n) is 4.81. The molecular weight excluding hydrogens is 480 g/mol. The molecule has 2 aliphatic heterocycles. The fourth-order valence-corrected chi connectivity index (χ4v) is 4.81. The predicted octanol–water partition coefficient (Wildman–Crippen LogP) is 2.12. The van der Waals surface area contributed by atoms with Crippen molar-refractivity contribution >= 4 is 23.2 Å². The highest BCUT2D eigenvalue weighted by Crippen LogP contribution is 2.21. The van der Waals surface area contributed by atoms with Crippen molar-refractivity contribution in [1.29, 1.82) is 0 Å². The molecule has 1 saturated heterocycles. The van der Waals surface area contributed by atoms with Crippen molar-refractivity contribution < 1.29 is 23.5 Å². The van der Waals surface area contributed by atoms with E-state index in [2.05, 4.69) is 34.9 Å². The summed E-state index contributed by atoms with van der Waals surface area (Å²) in [6, 6.07) is 10.8. The Morgan fingerprint density at radius 2 is 1.84 bits per heavy atom. The first-order chi connectivity index (χ1) is 17.7. The van der Waals surface area contributed by atoms with Crippen molar-refractivity contribution in [2.45, 2.75) is 57.3 Å². The lowest BCUT2D eigenvalue weighted by molar-refractivity contribution is -0.119. The molecule has 2 aromatic carbocycles. The molecule has 37 heavy (non-hydrogen) atoms. The molecule has 2 heterocycles. The molecule has 4 rings (SSSR count). The zero-order valence-corrected chi connectivity index (χ0v) is 21.0. The summed E-state index contributed by atoms with van der Waals surface area (Å²) in [5.74, 6) is -1.94. The van der Waals surface area contributed by atoms with Crippen LogP contribution in [0.1, 0.15) is 32.3 Å². The van der Waals surface area contributed by atoms with Crippen LogP contribution >= 0.6 is 0 Å². The zero-order valence-electron chi connectivity index (χ0n) is 21.0. The number of halogens is 2. The summed E-state index contributed by atoms with van der Waals surface area (Å²) in [4.78, 5) is 25.7. The number of nitrogens with zero attached hydrogens (tertiary/aromatic N) is 2. The van der Waals surface area contributed by atoms with Crippen LogP contribution in [-0.2, 0) is 16.0 Å². The molecule has 2 aromatic rings. The second kappa shape index (κ2) is 11.9. The van der Waals surface area contributed by atoms with Gasteiger partial charge in [0.1, 0.15) is 17.3 Å². The number of anilines is 1. The second-order valence-electron chi connectivity index (χ2n) is 10.1. The van der Waals surface area contributed by atoms with Gasteiger partial charge in [-0.25, -0.2) is 8.78 Å². The van der Waals surface area contributed by atoms with Crippen molar-refractivity contribution in [3.8, 4) is 0 Å². The molecule has 0 radical (unpaired) electrons. The summed E-state index contributed by atoms with van der Waals surface area (Å²) in [7, 11) is 0. The van der Waals surface area contributed by atoms with E-state index in [0.717, 1.165) is 12.5 Å². The molecule has 0 aromatic heterocycles. The quantitative estimate of drug-likeness (QED) is 0.411.